The minimum absolute atomic E-state index is 0.350. The molecular weight excluding hydrogens is 250 g/mol. The Labute approximate surface area is 117 Å². The lowest BCUT2D eigenvalue weighted by Crippen LogP contribution is -2.12. The van der Waals surface area contributed by atoms with E-state index in [9.17, 15) is 5.11 Å². The van der Waals surface area contributed by atoms with Gasteiger partial charge in [-0.15, -0.1) is 0 Å². The first-order chi connectivity index (χ1) is 9.81. The molecule has 4 nitrogen and oxygen atoms in total. The van der Waals surface area contributed by atoms with Gasteiger partial charge in [0.25, 0.3) is 0 Å². The minimum atomic E-state index is -0.350. The molecule has 102 valence electrons. The summed E-state index contributed by atoms with van der Waals surface area (Å²) >= 11 is 0. The van der Waals surface area contributed by atoms with Gasteiger partial charge in [0.2, 0.25) is 0 Å². The molecule has 0 saturated heterocycles. The number of hydrogen-bond donors (Lipinski definition) is 2. The van der Waals surface area contributed by atoms with E-state index in [1.165, 1.54) is 0 Å². The largest absolute Gasteiger partial charge is 0.393 e. The number of nitrogens with one attached hydrogen (secondary N) is 1. The molecule has 3 rings (SSSR count). The van der Waals surface area contributed by atoms with Crippen LogP contribution < -0.4 is 0 Å². The molecule has 1 atom stereocenters. The van der Waals surface area contributed by atoms with Crippen molar-refractivity contribution in [1.82, 2.24) is 15.2 Å². The fraction of sp³-hybridized carbons (Fsp3) is 0.250. The van der Waals surface area contributed by atoms with Crippen molar-refractivity contribution < 1.29 is 5.11 Å². The molecule has 3 aromatic rings. The van der Waals surface area contributed by atoms with Gasteiger partial charge in [0, 0.05) is 17.3 Å². The number of benzene rings is 1. The van der Waals surface area contributed by atoms with Crippen molar-refractivity contribution in [2.24, 2.45) is 0 Å². The second-order valence-electron chi connectivity index (χ2n) is 5.01. The van der Waals surface area contributed by atoms with Crippen LogP contribution in [-0.2, 0) is 12.8 Å². The van der Waals surface area contributed by atoms with Gasteiger partial charge in [0.05, 0.1) is 17.8 Å². The molecule has 2 aromatic heterocycles. The van der Waals surface area contributed by atoms with Gasteiger partial charge in [-0.1, -0.05) is 18.2 Å². The molecule has 0 saturated carbocycles. The molecule has 0 spiro atoms. The molecular formula is C16H17N3O. The summed E-state index contributed by atoms with van der Waals surface area (Å²) in [5.74, 6) is 0. The minimum Gasteiger partial charge on any atom is -0.393 e. The summed E-state index contributed by atoms with van der Waals surface area (Å²) in [6.07, 6.45) is 5.41. The molecule has 4 heteroatoms. The number of hydrogen-bond acceptors (Lipinski definition) is 3. The van der Waals surface area contributed by atoms with Gasteiger partial charge in [-0.3, -0.25) is 10.1 Å². The fourth-order valence-corrected chi connectivity index (χ4v) is 2.35. The third kappa shape index (κ3) is 3.03. The molecule has 0 fully saturated rings. The lowest BCUT2D eigenvalue weighted by molar-refractivity contribution is 0.165. The smallest absolute Gasteiger partial charge is 0.0653 e. The molecule has 0 aliphatic heterocycles. The molecule has 0 radical (unpaired) electrons. The first-order valence-corrected chi connectivity index (χ1v) is 6.81. The predicted molar refractivity (Wildman–Crippen MR) is 78.4 cm³/mol. The molecule has 0 aliphatic rings. The van der Waals surface area contributed by atoms with E-state index >= 15 is 0 Å². The summed E-state index contributed by atoms with van der Waals surface area (Å²) in [6, 6.07) is 12.0. The maximum atomic E-state index is 10.1. The molecule has 20 heavy (non-hydrogen) atoms. The number of H-pyrrole nitrogens is 1. The lowest BCUT2D eigenvalue weighted by Gasteiger charge is -2.10. The van der Waals surface area contributed by atoms with Crippen molar-refractivity contribution in [3.05, 3.63) is 60.0 Å². The topological polar surface area (TPSA) is 61.8 Å². The monoisotopic (exact) mass is 267 g/mol. The molecule has 0 aliphatic carbocycles. The Morgan fingerprint density at radius 2 is 2.15 bits per heavy atom. The van der Waals surface area contributed by atoms with E-state index in [2.05, 4.69) is 15.2 Å². The van der Waals surface area contributed by atoms with Crippen LogP contribution in [0.2, 0.25) is 0 Å². The number of fused-ring (bicyclic) bond motifs is 1. The zero-order valence-electron chi connectivity index (χ0n) is 11.2. The van der Waals surface area contributed by atoms with Crippen molar-refractivity contribution in [1.29, 1.82) is 0 Å². The Hall–Kier alpha value is -2.20. The number of aryl methyl sites for hydroxylation is 1. The van der Waals surface area contributed by atoms with Crippen molar-refractivity contribution >= 4 is 10.9 Å². The molecule has 1 aromatic carbocycles. The van der Waals surface area contributed by atoms with Crippen LogP contribution >= 0.6 is 0 Å². The van der Waals surface area contributed by atoms with E-state index in [4.69, 9.17) is 0 Å². The highest BCUT2D eigenvalue weighted by atomic mass is 16.3. The van der Waals surface area contributed by atoms with E-state index in [1.54, 1.807) is 12.4 Å². The Bertz CT molecular complexity index is 678. The van der Waals surface area contributed by atoms with E-state index in [0.717, 1.165) is 35.0 Å². The van der Waals surface area contributed by atoms with Gasteiger partial charge >= 0.3 is 0 Å². The molecule has 0 bridgehead atoms. The highest BCUT2D eigenvalue weighted by Gasteiger charge is 2.07. The van der Waals surface area contributed by atoms with Gasteiger partial charge in [-0.25, -0.2) is 0 Å². The van der Waals surface area contributed by atoms with Crippen LogP contribution in [0, 0.1) is 0 Å². The molecule has 0 amide bonds. The van der Waals surface area contributed by atoms with Crippen LogP contribution in [0.4, 0.5) is 0 Å². The maximum absolute atomic E-state index is 10.1. The van der Waals surface area contributed by atoms with Crippen LogP contribution in [0.25, 0.3) is 10.9 Å². The summed E-state index contributed by atoms with van der Waals surface area (Å²) in [7, 11) is 0. The highest BCUT2D eigenvalue weighted by Crippen LogP contribution is 2.15. The van der Waals surface area contributed by atoms with E-state index in [-0.39, 0.29) is 6.10 Å². The number of aromatic nitrogens is 3. The first kappa shape index (κ1) is 12.8. The van der Waals surface area contributed by atoms with E-state index < -0.39 is 0 Å². The summed E-state index contributed by atoms with van der Waals surface area (Å²) in [6.45, 7) is 0. The Kier molecular flexibility index (Phi) is 3.74. The van der Waals surface area contributed by atoms with Crippen LogP contribution in [0.15, 0.2) is 48.8 Å². The highest BCUT2D eigenvalue weighted by molar-refractivity contribution is 5.78. The third-order valence-corrected chi connectivity index (χ3v) is 3.44. The van der Waals surface area contributed by atoms with E-state index in [1.807, 2.05) is 36.4 Å². The number of aliphatic hydroxyl groups excluding tert-OH is 1. The van der Waals surface area contributed by atoms with Crippen molar-refractivity contribution in [3.63, 3.8) is 0 Å². The molecule has 2 N–H and O–H groups in total. The van der Waals surface area contributed by atoms with Crippen LogP contribution in [0.5, 0.6) is 0 Å². The SMILES string of the molecule is OC(CCc1ccccn1)Cc1ccc2cn[nH]c2c1. The summed E-state index contributed by atoms with van der Waals surface area (Å²) in [5, 5.41) is 18.2. The van der Waals surface area contributed by atoms with Crippen LogP contribution in [0.3, 0.4) is 0 Å². The summed E-state index contributed by atoms with van der Waals surface area (Å²) in [4.78, 5) is 4.27. The number of aliphatic hydroxyl groups is 1. The normalized spacial score (nSPS) is 12.7. The van der Waals surface area contributed by atoms with Gasteiger partial charge in [-0.2, -0.15) is 5.10 Å². The van der Waals surface area contributed by atoms with Crippen molar-refractivity contribution in [2.45, 2.75) is 25.4 Å². The van der Waals surface area contributed by atoms with Crippen LogP contribution in [0.1, 0.15) is 17.7 Å². The van der Waals surface area contributed by atoms with Crippen molar-refractivity contribution in [3.8, 4) is 0 Å². The quantitative estimate of drug-likeness (QED) is 0.746. The average Bonchev–Trinajstić information content (AvgIpc) is 2.94. The van der Waals surface area contributed by atoms with Crippen molar-refractivity contribution in [2.75, 3.05) is 0 Å². The van der Waals surface area contributed by atoms with Gasteiger partial charge in [0.1, 0.15) is 0 Å². The Morgan fingerprint density at radius 3 is 3.00 bits per heavy atom. The summed E-state index contributed by atoms with van der Waals surface area (Å²) < 4.78 is 0. The standard InChI is InChI=1S/C16H17N3O/c20-15(7-6-14-3-1-2-8-17-14)9-12-4-5-13-11-18-19-16(13)10-12/h1-5,8,10-11,15,20H,6-7,9H2,(H,18,19). The zero-order valence-corrected chi connectivity index (χ0v) is 11.2. The maximum Gasteiger partial charge on any atom is 0.0653 e. The lowest BCUT2D eigenvalue weighted by atomic mass is 10.0. The molecule has 2 heterocycles. The van der Waals surface area contributed by atoms with Gasteiger partial charge < -0.3 is 5.11 Å². The first-order valence-electron chi connectivity index (χ1n) is 6.81. The van der Waals surface area contributed by atoms with Crippen LogP contribution in [-0.4, -0.2) is 26.4 Å². The number of nitrogens with zero attached hydrogens (tertiary/aromatic N) is 2. The molecule has 1 unspecified atom stereocenters. The predicted octanol–water partition coefficient (Wildman–Crippen LogP) is 2.49. The zero-order chi connectivity index (χ0) is 13.8. The third-order valence-electron chi connectivity index (χ3n) is 3.44. The second kappa shape index (κ2) is 5.84. The number of pyridine rings is 1. The summed E-state index contributed by atoms with van der Waals surface area (Å²) in [5.41, 5.74) is 3.16. The van der Waals surface area contributed by atoms with E-state index in [0.29, 0.717) is 6.42 Å². The second-order valence-corrected chi connectivity index (χ2v) is 5.01. The van der Waals surface area contributed by atoms with Gasteiger partial charge in [0.15, 0.2) is 0 Å². The van der Waals surface area contributed by atoms with Gasteiger partial charge in [-0.05, 0) is 43.0 Å². The Balaban J connectivity index is 1.59. The average molecular weight is 267 g/mol. The number of aromatic amines is 1. The fourth-order valence-electron chi connectivity index (χ4n) is 2.35. The number of rotatable bonds is 5. The Morgan fingerprint density at radius 1 is 1.20 bits per heavy atom.